The first kappa shape index (κ1) is 23.6. The lowest BCUT2D eigenvalue weighted by Crippen LogP contribution is -2.57. The molecule has 5 aromatic carbocycles. The Morgan fingerprint density at radius 1 is 0.535 bits per heavy atom. The van der Waals surface area contributed by atoms with Crippen molar-refractivity contribution in [1.29, 1.82) is 0 Å². The molecule has 0 aliphatic carbocycles. The second kappa shape index (κ2) is 8.78. The molecule has 3 nitrogen and oxygen atoms in total. The molecule has 0 saturated carbocycles. The van der Waals surface area contributed by atoms with Gasteiger partial charge in [0.2, 0.25) is 6.71 Å². The average molecular weight is 553 g/mol. The standard InChI is InChI=1S/C39H28BNO2/c1-4-12-24(13-5-1)38-33-27-22-26(41-20-8-3-9-21-41)23-28-34-36-30(40(37(27)28)29-16-10-18-31(42-38)35(29)33)17-11-19-32(36)43-39(34)25-14-6-2-7-15-25/h1-2,4-7,10-19,22-23H,3,8-9,20-21H2. The molecule has 0 bridgehead atoms. The highest BCUT2D eigenvalue weighted by molar-refractivity contribution is 7.01. The molecule has 3 aliphatic heterocycles. The third-order valence-electron chi connectivity index (χ3n) is 9.90. The van der Waals surface area contributed by atoms with Crippen LogP contribution >= 0.6 is 0 Å². The summed E-state index contributed by atoms with van der Waals surface area (Å²) >= 11 is 0. The van der Waals surface area contributed by atoms with Crippen molar-refractivity contribution in [3.63, 3.8) is 0 Å². The van der Waals surface area contributed by atoms with Gasteiger partial charge in [0.1, 0.15) is 22.7 Å². The highest BCUT2D eigenvalue weighted by atomic mass is 16.3. The van der Waals surface area contributed by atoms with Crippen molar-refractivity contribution in [2.24, 2.45) is 0 Å². The van der Waals surface area contributed by atoms with Crippen LogP contribution in [0.5, 0.6) is 0 Å². The molecular formula is C39H28BNO2. The third-order valence-corrected chi connectivity index (χ3v) is 9.90. The molecule has 0 spiro atoms. The molecule has 10 rings (SSSR count). The molecule has 5 heterocycles. The molecule has 0 radical (unpaired) electrons. The number of fused-ring (bicyclic) bond motifs is 4. The summed E-state index contributed by atoms with van der Waals surface area (Å²) in [5.41, 5.74) is 14.5. The lowest BCUT2D eigenvalue weighted by molar-refractivity contribution is 0.578. The zero-order valence-electron chi connectivity index (χ0n) is 23.8. The van der Waals surface area contributed by atoms with Crippen LogP contribution in [0.3, 0.4) is 0 Å². The Balaban J connectivity index is 1.38. The molecule has 2 aromatic heterocycles. The predicted molar refractivity (Wildman–Crippen MR) is 178 cm³/mol. The maximum Gasteiger partial charge on any atom is 0.244 e. The first-order valence-corrected chi connectivity index (χ1v) is 15.5. The van der Waals surface area contributed by atoms with E-state index < -0.39 is 0 Å². The Hall–Kier alpha value is -4.96. The fourth-order valence-corrected chi connectivity index (χ4v) is 8.11. The van der Waals surface area contributed by atoms with Gasteiger partial charge in [-0.05, 0) is 54.7 Å². The lowest BCUT2D eigenvalue weighted by Gasteiger charge is -2.35. The SMILES string of the molecule is c1ccc(-c2oc3cccc4c3c2-c2cc(N3CCCCC3)cc3c2B4c2cccc4oc(-c5ccccc5)c-3c24)cc1. The van der Waals surface area contributed by atoms with E-state index in [-0.39, 0.29) is 6.71 Å². The normalized spacial score (nSPS) is 14.9. The number of anilines is 1. The highest BCUT2D eigenvalue weighted by Gasteiger charge is 2.43. The van der Waals surface area contributed by atoms with Crippen LogP contribution in [-0.4, -0.2) is 19.8 Å². The molecular weight excluding hydrogens is 525 g/mol. The van der Waals surface area contributed by atoms with Gasteiger partial charge in [-0.1, -0.05) is 101 Å². The Morgan fingerprint density at radius 3 is 1.56 bits per heavy atom. The molecule has 4 heteroatoms. The van der Waals surface area contributed by atoms with Gasteiger partial charge in [-0.15, -0.1) is 0 Å². The first-order chi connectivity index (χ1) is 21.3. The van der Waals surface area contributed by atoms with E-state index in [9.17, 15) is 0 Å². The van der Waals surface area contributed by atoms with E-state index in [4.69, 9.17) is 8.83 Å². The second-order valence-electron chi connectivity index (χ2n) is 12.2. The van der Waals surface area contributed by atoms with Crippen molar-refractivity contribution in [2.45, 2.75) is 19.3 Å². The Bertz CT molecular complexity index is 2070. The van der Waals surface area contributed by atoms with E-state index >= 15 is 0 Å². The van der Waals surface area contributed by atoms with Gasteiger partial charge in [0, 0.05) is 51.8 Å². The van der Waals surface area contributed by atoms with Gasteiger partial charge in [0.25, 0.3) is 0 Å². The summed E-state index contributed by atoms with van der Waals surface area (Å²) < 4.78 is 13.6. The molecule has 3 aliphatic rings. The van der Waals surface area contributed by atoms with Crippen molar-refractivity contribution in [2.75, 3.05) is 18.0 Å². The predicted octanol–water partition coefficient (Wildman–Crippen LogP) is 7.98. The smallest absolute Gasteiger partial charge is 0.244 e. The van der Waals surface area contributed by atoms with Crippen LogP contribution in [0.1, 0.15) is 19.3 Å². The zero-order chi connectivity index (χ0) is 28.1. The molecule has 0 atom stereocenters. The van der Waals surface area contributed by atoms with Gasteiger partial charge < -0.3 is 13.7 Å². The number of piperidine rings is 1. The van der Waals surface area contributed by atoms with Crippen LogP contribution in [0.2, 0.25) is 0 Å². The molecule has 1 saturated heterocycles. The van der Waals surface area contributed by atoms with Gasteiger partial charge in [-0.3, -0.25) is 0 Å². The van der Waals surface area contributed by atoms with Crippen LogP contribution in [-0.2, 0) is 0 Å². The van der Waals surface area contributed by atoms with Gasteiger partial charge in [0.05, 0.1) is 0 Å². The van der Waals surface area contributed by atoms with E-state index in [1.165, 1.54) is 74.4 Å². The van der Waals surface area contributed by atoms with Crippen molar-refractivity contribution in [3.05, 3.63) is 109 Å². The van der Waals surface area contributed by atoms with E-state index in [0.717, 1.165) is 46.9 Å². The highest BCUT2D eigenvalue weighted by Crippen LogP contribution is 2.49. The minimum atomic E-state index is 0.107. The van der Waals surface area contributed by atoms with Crippen molar-refractivity contribution in [1.82, 2.24) is 0 Å². The lowest BCUT2D eigenvalue weighted by atomic mass is 9.31. The molecule has 204 valence electrons. The monoisotopic (exact) mass is 553 g/mol. The summed E-state index contributed by atoms with van der Waals surface area (Å²) in [4.78, 5) is 2.59. The van der Waals surface area contributed by atoms with Gasteiger partial charge in [0.15, 0.2) is 0 Å². The van der Waals surface area contributed by atoms with E-state index in [2.05, 4.69) is 114 Å². The fourth-order valence-electron chi connectivity index (χ4n) is 8.11. The molecule has 0 amide bonds. The fraction of sp³-hybridized carbons (Fsp3) is 0.128. The molecule has 0 unspecified atom stereocenters. The van der Waals surface area contributed by atoms with Crippen LogP contribution < -0.4 is 21.3 Å². The maximum absolute atomic E-state index is 6.78. The van der Waals surface area contributed by atoms with Crippen LogP contribution in [0.15, 0.2) is 118 Å². The summed E-state index contributed by atoms with van der Waals surface area (Å²) in [6.07, 6.45) is 3.77. The van der Waals surface area contributed by atoms with Crippen molar-refractivity contribution < 1.29 is 8.83 Å². The second-order valence-corrected chi connectivity index (χ2v) is 12.2. The first-order valence-electron chi connectivity index (χ1n) is 15.5. The number of furan rings is 2. The van der Waals surface area contributed by atoms with Crippen LogP contribution in [0.4, 0.5) is 5.69 Å². The average Bonchev–Trinajstić information content (AvgIpc) is 3.67. The topological polar surface area (TPSA) is 29.5 Å². The van der Waals surface area contributed by atoms with Crippen molar-refractivity contribution in [3.8, 4) is 44.9 Å². The molecule has 7 aromatic rings. The molecule has 1 fully saturated rings. The van der Waals surface area contributed by atoms with Crippen molar-refractivity contribution >= 4 is 50.7 Å². The minimum Gasteiger partial charge on any atom is -0.455 e. The zero-order valence-corrected chi connectivity index (χ0v) is 23.8. The number of hydrogen-bond acceptors (Lipinski definition) is 3. The number of hydrogen-bond donors (Lipinski definition) is 0. The number of nitrogens with zero attached hydrogens (tertiary/aromatic N) is 1. The summed E-state index contributed by atoms with van der Waals surface area (Å²) in [6.45, 7) is 2.29. The van der Waals surface area contributed by atoms with Gasteiger partial charge in [-0.25, -0.2) is 0 Å². The Labute approximate surface area is 250 Å². The van der Waals surface area contributed by atoms with Crippen LogP contribution in [0.25, 0.3) is 66.8 Å². The Kier molecular flexibility index (Phi) is 4.82. The van der Waals surface area contributed by atoms with Gasteiger partial charge >= 0.3 is 0 Å². The maximum atomic E-state index is 6.78. The molecule has 0 N–H and O–H groups in total. The number of rotatable bonds is 3. The van der Waals surface area contributed by atoms with E-state index in [1.54, 1.807) is 0 Å². The Morgan fingerprint density at radius 2 is 1.05 bits per heavy atom. The summed E-state index contributed by atoms with van der Waals surface area (Å²) in [7, 11) is 0. The number of benzene rings is 5. The largest absolute Gasteiger partial charge is 0.455 e. The quantitative estimate of drug-likeness (QED) is 0.208. The third kappa shape index (κ3) is 3.21. The summed E-state index contributed by atoms with van der Waals surface area (Å²) in [6, 6.07) is 39.4. The van der Waals surface area contributed by atoms with Crippen LogP contribution in [0, 0.1) is 0 Å². The van der Waals surface area contributed by atoms with E-state index in [1.807, 2.05) is 0 Å². The van der Waals surface area contributed by atoms with E-state index in [0.29, 0.717) is 0 Å². The minimum absolute atomic E-state index is 0.107. The van der Waals surface area contributed by atoms with Gasteiger partial charge in [-0.2, -0.15) is 0 Å². The summed E-state index contributed by atoms with van der Waals surface area (Å²) in [5, 5.41) is 2.49. The summed E-state index contributed by atoms with van der Waals surface area (Å²) in [5.74, 6) is 1.91. The molecule has 43 heavy (non-hydrogen) atoms.